The minimum absolute atomic E-state index is 0.250. The largest absolute Gasteiger partial charge is 0.323 e. The Bertz CT molecular complexity index is 969. The summed E-state index contributed by atoms with van der Waals surface area (Å²) in [5, 5.41) is 17.8. The lowest BCUT2D eigenvalue weighted by Gasteiger charge is -2.24. The summed E-state index contributed by atoms with van der Waals surface area (Å²) in [6.45, 7) is 3.47. The monoisotopic (exact) mass is 305 g/mol. The molecule has 1 amide bonds. The second-order valence-electron chi connectivity index (χ2n) is 5.72. The fourth-order valence-electron chi connectivity index (χ4n) is 2.42. The molecule has 0 atom stereocenters. The summed E-state index contributed by atoms with van der Waals surface area (Å²) < 4.78 is 9.03. The van der Waals surface area contributed by atoms with Gasteiger partial charge in [-0.25, -0.2) is 0 Å². The summed E-state index contributed by atoms with van der Waals surface area (Å²) in [5.74, 6) is -0.250. The molecule has 0 aliphatic heterocycles. The van der Waals surface area contributed by atoms with Gasteiger partial charge in [0.1, 0.15) is 5.54 Å². The van der Waals surface area contributed by atoms with Crippen LogP contribution >= 0.6 is 0 Å². The second kappa shape index (κ2) is 5.58. The second-order valence-corrected chi connectivity index (χ2v) is 5.72. The molecule has 1 N–H and O–H groups in total. The average molecular weight is 305 g/mol. The van der Waals surface area contributed by atoms with Crippen molar-refractivity contribution in [2.75, 3.05) is 5.32 Å². The maximum Gasteiger partial charge on any atom is 0.251 e. The fraction of sp³-hybridized carbons (Fsp3) is 0.167. The van der Waals surface area contributed by atoms with Crippen molar-refractivity contribution in [2.45, 2.75) is 19.4 Å². The zero-order valence-corrected chi connectivity index (χ0v) is 12.9. The minimum Gasteiger partial charge on any atom is -0.323 e. The number of rotatable bonds is 3. The molecule has 0 saturated carbocycles. The van der Waals surface area contributed by atoms with Crippen molar-refractivity contribution in [1.29, 1.82) is 5.26 Å². The van der Waals surface area contributed by atoms with Crippen molar-refractivity contribution in [3.8, 4) is 6.07 Å². The van der Waals surface area contributed by atoms with E-state index in [0.29, 0.717) is 11.3 Å². The number of carbonyl (C=O) groups excluding carboxylic acids is 1. The number of fused-ring (bicyclic) bond motifs is 1. The molecule has 3 aromatic rings. The van der Waals surface area contributed by atoms with Crippen LogP contribution in [0, 0.1) is 11.3 Å². The number of amides is 1. The van der Waals surface area contributed by atoms with Crippen molar-refractivity contribution in [2.24, 2.45) is 0 Å². The Morgan fingerprint density at radius 1 is 1.30 bits per heavy atom. The van der Waals surface area contributed by atoms with Crippen LogP contribution in [0.1, 0.15) is 20.8 Å². The van der Waals surface area contributed by atoms with Crippen LogP contribution in [0.15, 0.2) is 54.8 Å². The van der Waals surface area contributed by atoms with Gasteiger partial charge in [0.15, 0.2) is 0 Å². The molecule has 1 heterocycles. The van der Waals surface area contributed by atoms with E-state index < -0.39 is 5.54 Å². The molecule has 23 heavy (non-hydrogen) atoms. The molecule has 3 rings (SSSR count). The van der Waals surface area contributed by atoms with Crippen molar-refractivity contribution in [3.05, 3.63) is 60.4 Å². The molecular formula is C18H16N4O. The Morgan fingerprint density at radius 2 is 2.04 bits per heavy atom. The zero-order chi connectivity index (χ0) is 17.3. The molecule has 2 aromatic carbocycles. The van der Waals surface area contributed by atoms with Crippen LogP contribution in [-0.4, -0.2) is 15.7 Å². The molecule has 0 bridgehead atoms. The molecule has 114 valence electrons. The van der Waals surface area contributed by atoms with E-state index in [2.05, 4.69) is 16.5 Å². The van der Waals surface area contributed by atoms with Gasteiger partial charge in [-0.3, -0.25) is 9.48 Å². The normalized spacial score (nSPS) is 11.8. The predicted molar refractivity (Wildman–Crippen MR) is 88.8 cm³/mol. The van der Waals surface area contributed by atoms with Gasteiger partial charge in [0.05, 0.1) is 13.0 Å². The molecule has 0 radical (unpaired) electrons. The number of hydrogen-bond donors (Lipinski definition) is 1. The van der Waals surface area contributed by atoms with Crippen LogP contribution in [0.2, 0.25) is 0 Å². The Balaban J connectivity index is 1.98. The molecule has 0 aliphatic carbocycles. The third-order valence-electron chi connectivity index (χ3n) is 3.87. The van der Waals surface area contributed by atoms with Crippen molar-refractivity contribution in [3.63, 3.8) is 0 Å². The number of benzene rings is 2. The third kappa shape index (κ3) is 2.55. The first-order valence-electron chi connectivity index (χ1n) is 7.68. The van der Waals surface area contributed by atoms with E-state index in [9.17, 15) is 10.1 Å². The highest BCUT2D eigenvalue weighted by Gasteiger charge is 2.30. The predicted octanol–water partition coefficient (Wildman–Crippen LogP) is 3.28. The van der Waals surface area contributed by atoms with Crippen LogP contribution in [0.5, 0.6) is 0 Å². The highest BCUT2D eigenvalue weighted by atomic mass is 16.2. The van der Waals surface area contributed by atoms with E-state index in [1.165, 1.54) is 17.1 Å². The van der Waals surface area contributed by atoms with Crippen LogP contribution < -0.4 is 5.32 Å². The summed E-state index contributed by atoms with van der Waals surface area (Å²) in [6.07, 6.45) is 2.91. The van der Waals surface area contributed by atoms with Gasteiger partial charge in [0.25, 0.3) is 5.91 Å². The molecule has 0 saturated heterocycles. The molecule has 5 heteroatoms. The molecule has 5 nitrogen and oxygen atoms in total. The summed E-state index contributed by atoms with van der Waals surface area (Å²) in [7, 11) is 0. The summed E-state index contributed by atoms with van der Waals surface area (Å²) >= 11 is 0. The van der Waals surface area contributed by atoms with E-state index in [0.717, 1.165) is 10.8 Å². The Kier molecular flexibility index (Phi) is 3.28. The van der Waals surface area contributed by atoms with E-state index in [4.69, 9.17) is 1.37 Å². The summed E-state index contributed by atoms with van der Waals surface area (Å²) in [5.41, 5.74) is 0.253. The van der Waals surface area contributed by atoms with Crippen LogP contribution in [0.3, 0.4) is 0 Å². The van der Waals surface area contributed by atoms with Crippen LogP contribution in [0.4, 0.5) is 5.69 Å². The van der Waals surface area contributed by atoms with Crippen LogP contribution in [-0.2, 0) is 10.3 Å². The topological polar surface area (TPSA) is 70.7 Å². The quantitative estimate of drug-likeness (QED) is 0.807. The van der Waals surface area contributed by atoms with Crippen molar-refractivity contribution < 1.29 is 6.17 Å². The number of nitrogens with one attached hydrogen (secondary N) is 1. The molecule has 0 unspecified atom stereocenters. The first-order valence-corrected chi connectivity index (χ1v) is 7.18. The Labute approximate surface area is 135 Å². The smallest absolute Gasteiger partial charge is 0.251 e. The van der Waals surface area contributed by atoms with Gasteiger partial charge >= 0.3 is 0 Å². The lowest BCUT2D eigenvalue weighted by molar-refractivity contribution is -0.123. The first kappa shape index (κ1) is 13.5. The minimum atomic E-state index is -0.950. The van der Waals surface area contributed by atoms with E-state index in [1.807, 2.05) is 24.3 Å². The number of hydrogen-bond acceptors (Lipinski definition) is 3. The molecule has 1 aromatic heterocycles. The van der Waals surface area contributed by atoms with Gasteiger partial charge in [0.2, 0.25) is 0 Å². The SMILES string of the molecule is [2H]c1cnn(C(C)(C)C(=O)Nc2ccc(C#N)c3ccccc23)c1. The van der Waals surface area contributed by atoms with Gasteiger partial charge < -0.3 is 5.32 Å². The number of anilines is 1. The summed E-state index contributed by atoms with van der Waals surface area (Å²) in [4.78, 5) is 12.7. The fourth-order valence-corrected chi connectivity index (χ4v) is 2.42. The number of nitrogens with zero attached hydrogens (tertiary/aromatic N) is 3. The van der Waals surface area contributed by atoms with Gasteiger partial charge in [-0.15, -0.1) is 0 Å². The molecule has 0 fully saturated rings. The van der Waals surface area contributed by atoms with Crippen molar-refractivity contribution >= 4 is 22.4 Å². The third-order valence-corrected chi connectivity index (χ3v) is 3.87. The van der Waals surface area contributed by atoms with E-state index >= 15 is 0 Å². The highest BCUT2D eigenvalue weighted by Crippen LogP contribution is 2.27. The van der Waals surface area contributed by atoms with Gasteiger partial charge in [0, 0.05) is 28.9 Å². The number of nitriles is 1. The van der Waals surface area contributed by atoms with E-state index in [1.54, 1.807) is 26.0 Å². The zero-order valence-electron chi connectivity index (χ0n) is 13.9. The molecule has 0 aliphatic rings. The summed E-state index contributed by atoms with van der Waals surface area (Å²) in [6, 6.07) is 13.3. The van der Waals surface area contributed by atoms with Gasteiger partial charge in [-0.1, -0.05) is 24.3 Å². The maximum absolute atomic E-state index is 12.7. The Hall–Kier alpha value is -3.13. The highest BCUT2D eigenvalue weighted by molar-refractivity contribution is 6.05. The maximum atomic E-state index is 12.7. The van der Waals surface area contributed by atoms with E-state index in [-0.39, 0.29) is 11.9 Å². The Morgan fingerprint density at radius 3 is 2.70 bits per heavy atom. The standard InChI is InChI=1S/C18H16N4O/c1-18(2,22-11-5-10-20-22)17(23)21-16-9-8-13(12-19)14-6-3-4-7-15(14)16/h3-11H,1-2H3,(H,21,23)/i5D. The lowest BCUT2D eigenvalue weighted by Crippen LogP contribution is -2.40. The lowest BCUT2D eigenvalue weighted by atomic mass is 10.0. The van der Waals surface area contributed by atoms with Gasteiger partial charge in [-0.2, -0.15) is 10.4 Å². The average Bonchev–Trinajstić information content (AvgIpc) is 3.02. The van der Waals surface area contributed by atoms with Crippen molar-refractivity contribution in [1.82, 2.24) is 9.78 Å². The molecule has 0 spiro atoms. The number of carbonyl (C=O) groups is 1. The molecular weight excluding hydrogens is 288 g/mol. The van der Waals surface area contributed by atoms with Gasteiger partial charge in [-0.05, 0) is 32.0 Å². The first-order chi connectivity index (χ1) is 11.4. The van der Waals surface area contributed by atoms with Crippen LogP contribution in [0.25, 0.3) is 10.8 Å². The number of aromatic nitrogens is 2.